The molecule has 0 saturated carbocycles. The Bertz CT molecular complexity index is 777. The first kappa shape index (κ1) is 21.7. The lowest BCUT2D eigenvalue weighted by Gasteiger charge is -2.33. The molecule has 154 valence electrons. The molecule has 0 aromatic heterocycles. The van der Waals surface area contributed by atoms with Gasteiger partial charge in [-0.25, -0.2) is 4.79 Å². The van der Waals surface area contributed by atoms with Crippen molar-refractivity contribution in [3.8, 4) is 5.75 Å². The molecule has 28 heavy (non-hydrogen) atoms. The van der Waals surface area contributed by atoms with Crippen LogP contribution in [0.3, 0.4) is 0 Å². The molecule has 0 bridgehead atoms. The Balaban J connectivity index is 2.15. The van der Waals surface area contributed by atoms with Crippen molar-refractivity contribution >= 4 is 29.3 Å². The number of ether oxygens (including phenoxy) is 2. The van der Waals surface area contributed by atoms with Gasteiger partial charge in [-0.05, 0) is 39.7 Å². The molecule has 0 radical (unpaired) electrons. The van der Waals surface area contributed by atoms with E-state index >= 15 is 0 Å². The number of alkyl carbamates (subject to hydrolysis) is 1. The fraction of sp³-hybridized carbons (Fsp3) is 0.556. The summed E-state index contributed by atoms with van der Waals surface area (Å²) in [6.07, 6.45) is 0.835. The van der Waals surface area contributed by atoms with Crippen LogP contribution in [0.5, 0.6) is 5.75 Å². The molecule has 1 atom stereocenters. The third-order valence-corrected chi connectivity index (χ3v) is 4.49. The van der Waals surface area contributed by atoms with Crippen molar-refractivity contribution in [2.45, 2.75) is 45.3 Å². The Morgan fingerprint density at radius 3 is 2.61 bits per heavy atom. The van der Waals surface area contributed by atoms with E-state index in [0.717, 1.165) is 6.07 Å². The smallest absolute Gasteiger partial charge is 0.407 e. The van der Waals surface area contributed by atoms with E-state index in [4.69, 9.17) is 21.1 Å². The van der Waals surface area contributed by atoms with Crippen LogP contribution in [0, 0.1) is 10.1 Å². The molecular weight excluding hydrogens is 390 g/mol. The number of carbonyl (C=O) groups is 2. The van der Waals surface area contributed by atoms with Gasteiger partial charge in [0, 0.05) is 25.2 Å². The summed E-state index contributed by atoms with van der Waals surface area (Å²) in [7, 11) is 1.32. The number of methoxy groups -OCH3 is 1. The largest absolute Gasteiger partial charge is 0.495 e. The van der Waals surface area contributed by atoms with Crippen LogP contribution < -0.4 is 10.1 Å². The average Bonchev–Trinajstić information content (AvgIpc) is 2.59. The number of likely N-dealkylation sites (tertiary alicyclic amines) is 1. The molecule has 1 aliphatic heterocycles. The lowest BCUT2D eigenvalue weighted by Crippen LogP contribution is -2.50. The highest BCUT2D eigenvalue weighted by Crippen LogP contribution is 2.35. The number of nitrogens with one attached hydrogen (secondary N) is 1. The number of nitro groups is 1. The van der Waals surface area contributed by atoms with Crippen molar-refractivity contribution in [3.05, 3.63) is 32.8 Å². The molecule has 2 rings (SSSR count). The normalized spacial score (nSPS) is 17.0. The maximum absolute atomic E-state index is 12.9. The summed E-state index contributed by atoms with van der Waals surface area (Å²) in [4.78, 5) is 36.9. The van der Waals surface area contributed by atoms with Gasteiger partial charge in [-0.2, -0.15) is 0 Å². The second kappa shape index (κ2) is 8.64. The summed E-state index contributed by atoms with van der Waals surface area (Å²) in [6, 6.07) is 2.25. The Labute approximate surface area is 168 Å². The number of piperidine rings is 1. The van der Waals surface area contributed by atoms with Gasteiger partial charge in [0.2, 0.25) is 0 Å². The molecule has 9 nitrogen and oxygen atoms in total. The first-order chi connectivity index (χ1) is 13.0. The van der Waals surface area contributed by atoms with E-state index in [1.54, 1.807) is 20.8 Å². The Hall–Kier alpha value is -2.55. The van der Waals surface area contributed by atoms with Gasteiger partial charge in [-0.1, -0.05) is 11.6 Å². The molecule has 0 unspecified atom stereocenters. The summed E-state index contributed by atoms with van der Waals surface area (Å²) in [6.45, 7) is 6.05. The lowest BCUT2D eigenvalue weighted by molar-refractivity contribution is -0.384. The maximum Gasteiger partial charge on any atom is 0.407 e. The highest BCUT2D eigenvalue weighted by atomic mass is 35.5. The molecule has 2 amide bonds. The Kier molecular flexibility index (Phi) is 6.71. The summed E-state index contributed by atoms with van der Waals surface area (Å²) in [5.41, 5.74) is -0.914. The van der Waals surface area contributed by atoms with E-state index in [9.17, 15) is 19.7 Å². The quantitative estimate of drug-likeness (QED) is 0.598. The monoisotopic (exact) mass is 413 g/mol. The number of hydrogen-bond donors (Lipinski definition) is 1. The van der Waals surface area contributed by atoms with Gasteiger partial charge in [0.25, 0.3) is 11.6 Å². The van der Waals surface area contributed by atoms with E-state index in [2.05, 4.69) is 5.32 Å². The number of halogens is 1. The minimum Gasteiger partial charge on any atom is -0.495 e. The minimum absolute atomic E-state index is 0.0552. The fourth-order valence-corrected chi connectivity index (χ4v) is 3.18. The molecular formula is C18H24ClN3O6. The van der Waals surface area contributed by atoms with Crippen LogP contribution in [0.4, 0.5) is 10.5 Å². The SMILES string of the molecule is COc1cc(C(=O)N2CCC[C@@H](NC(=O)OC(C)(C)C)C2)cc([N+](=O)[O-])c1Cl. The first-order valence-corrected chi connectivity index (χ1v) is 9.20. The van der Waals surface area contributed by atoms with Crippen molar-refractivity contribution in [1.29, 1.82) is 0 Å². The minimum atomic E-state index is -0.662. The van der Waals surface area contributed by atoms with Crippen LogP contribution in [-0.2, 0) is 4.74 Å². The van der Waals surface area contributed by atoms with Gasteiger partial charge in [-0.3, -0.25) is 14.9 Å². The highest BCUT2D eigenvalue weighted by molar-refractivity contribution is 6.34. The van der Waals surface area contributed by atoms with E-state index in [0.29, 0.717) is 19.4 Å². The maximum atomic E-state index is 12.9. The molecule has 1 N–H and O–H groups in total. The van der Waals surface area contributed by atoms with E-state index in [1.165, 1.54) is 18.1 Å². The summed E-state index contributed by atoms with van der Waals surface area (Å²) < 4.78 is 10.3. The van der Waals surface area contributed by atoms with Crippen molar-refractivity contribution in [2.24, 2.45) is 0 Å². The third kappa shape index (κ3) is 5.48. The van der Waals surface area contributed by atoms with Gasteiger partial charge < -0.3 is 19.7 Å². The van der Waals surface area contributed by atoms with Crippen LogP contribution in [0.25, 0.3) is 0 Å². The lowest BCUT2D eigenvalue weighted by atomic mass is 10.0. The van der Waals surface area contributed by atoms with E-state index in [-0.39, 0.29) is 28.9 Å². The zero-order chi connectivity index (χ0) is 21.1. The number of benzene rings is 1. The average molecular weight is 414 g/mol. The molecule has 1 fully saturated rings. The molecule has 1 aromatic carbocycles. The predicted octanol–water partition coefficient (Wildman–Crippen LogP) is 3.39. The van der Waals surface area contributed by atoms with Crippen LogP contribution in [0.15, 0.2) is 12.1 Å². The molecule has 1 heterocycles. The second-order valence-corrected chi connectivity index (χ2v) is 7.88. The topological polar surface area (TPSA) is 111 Å². The first-order valence-electron chi connectivity index (χ1n) is 8.82. The molecule has 1 aliphatic rings. The number of nitro benzene ring substituents is 1. The van der Waals surface area contributed by atoms with Crippen LogP contribution in [-0.4, -0.2) is 53.7 Å². The Morgan fingerprint density at radius 1 is 1.36 bits per heavy atom. The molecule has 1 aromatic rings. The van der Waals surface area contributed by atoms with E-state index in [1.807, 2.05) is 0 Å². The molecule has 10 heteroatoms. The predicted molar refractivity (Wildman–Crippen MR) is 103 cm³/mol. The van der Waals surface area contributed by atoms with Gasteiger partial charge in [0.1, 0.15) is 11.4 Å². The molecule has 1 saturated heterocycles. The third-order valence-electron chi connectivity index (χ3n) is 4.11. The Morgan fingerprint density at radius 2 is 2.04 bits per heavy atom. The van der Waals surface area contributed by atoms with Crippen molar-refractivity contribution in [2.75, 3.05) is 20.2 Å². The number of rotatable bonds is 4. The van der Waals surface area contributed by atoms with Crippen molar-refractivity contribution in [3.63, 3.8) is 0 Å². The van der Waals surface area contributed by atoms with Crippen LogP contribution in [0.2, 0.25) is 5.02 Å². The second-order valence-electron chi connectivity index (χ2n) is 7.51. The van der Waals surface area contributed by atoms with Crippen LogP contribution in [0.1, 0.15) is 44.0 Å². The number of amides is 2. The van der Waals surface area contributed by atoms with Gasteiger partial charge in [0.15, 0.2) is 5.02 Å². The summed E-state index contributed by atoms with van der Waals surface area (Å²) >= 11 is 5.95. The molecule has 0 spiro atoms. The summed E-state index contributed by atoms with van der Waals surface area (Å²) in [5.74, 6) is -0.339. The highest BCUT2D eigenvalue weighted by Gasteiger charge is 2.29. The number of nitrogens with zero attached hydrogens (tertiary/aromatic N) is 2. The fourth-order valence-electron chi connectivity index (χ4n) is 2.92. The number of hydrogen-bond acceptors (Lipinski definition) is 6. The van der Waals surface area contributed by atoms with Gasteiger partial charge in [0.05, 0.1) is 17.6 Å². The zero-order valence-corrected chi connectivity index (χ0v) is 17.0. The van der Waals surface area contributed by atoms with Crippen molar-refractivity contribution in [1.82, 2.24) is 10.2 Å². The molecule has 0 aliphatic carbocycles. The number of carbonyl (C=O) groups excluding carboxylic acids is 2. The van der Waals surface area contributed by atoms with E-state index < -0.39 is 28.2 Å². The standard InChI is InChI=1S/C18H24ClN3O6/c1-18(2,3)28-17(24)20-12-6-5-7-21(10-12)16(23)11-8-13(22(25)26)15(19)14(9-11)27-4/h8-9,12H,5-7,10H2,1-4H3,(H,20,24)/t12-/m1/s1. The summed E-state index contributed by atoms with van der Waals surface area (Å²) in [5, 5.41) is 13.8. The van der Waals surface area contributed by atoms with Crippen molar-refractivity contribution < 1.29 is 24.0 Å². The zero-order valence-electron chi connectivity index (χ0n) is 16.3. The van der Waals surface area contributed by atoms with Gasteiger partial charge in [-0.15, -0.1) is 0 Å². The van der Waals surface area contributed by atoms with Crippen LogP contribution >= 0.6 is 11.6 Å². The van der Waals surface area contributed by atoms with Gasteiger partial charge >= 0.3 is 6.09 Å².